The molecule has 0 aromatic carbocycles. The smallest absolute Gasteiger partial charge is 0.122 e. The van der Waals surface area contributed by atoms with Crippen molar-refractivity contribution < 1.29 is 4.42 Å². The van der Waals surface area contributed by atoms with Crippen LogP contribution in [0.3, 0.4) is 0 Å². The summed E-state index contributed by atoms with van der Waals surface area (Å²) in [5.41, 5.74) is 0. The number of likely N-dealkylation sites (N-methyl/N-ethyl adjacent to an activating group) is 1. The van der Waals surface area contributed by atoms with E-state index in [9.17, 15) is 0 Å². The number of hydrogen-bond acceptors (Lipinski definition) is 3. The van der Waals surface area contributed by atoms with Gasteiger partial charge in [-0.3, -0.25) is 4.90 Å². The number of nitrogens with zero attached hydrogens (tertiary/aromatic N) is 1. The van der Waals surface area contributed by atoms with Crippen molar-refractivity contribution in [3.63, 3.8) is 0 Å². The molecule has 3 heteroatoms. The molecule has 0 bridgehead atoms. The molecular weight excluding hydrogens is 188 g/mol. The van der Waals surface area contributed by atoms with Gasteiger partial charge in [-0.2, -0.15) is 0 Å². The third kappa shape index (κ3) is 2.08. The van der Waals surface area contributed by atoms with E-state index in [1.165, 1.54) is 0 Å². The molecule has 1 fully saturated rings. The first kappa shape index (κ1) is 10.7. The van der Waals surface area contributed by atoms with Crippen LogP contribution in [0.5, 0.6) is 0 Å². The van der Waals surface area contributed by atoms with Crippen LogP contribution in [-0.4, -0.2) is 31.1 Å². The number of nitrogens with one attached hydrogen (secondary N) is 1. The molecule has 0 saturated carbocycles. The molecule has 1 aliphatic rings. The van der Waals surface area contributed by atoms with E-state index in [0.717, 1.165) is 18.8 Å². The zero-order chi connectivity index (χ0) is 10.8. The number of piperazine rings is 1. The molecule has 1 aliphatic heterocycles. The molecule has 2 heterocycles. The van der Waals surface area contributed by atoms with Crippen molar-refractivity contribution in [2.45, 2.75) is 25.9 Å². The lowest BCUT2D eigenvalue weighted by molar-refractivity contribution is 0.0851. The van der Waals surface area contributed by atoms with Gasteiger partial charge < -0.3 is 9.73 Å². The van der Waals surface area contributed by atoms with Gasteiger partial charge in [-0.05, 0) is 25.1 Å². The summed E-state index contributed by atoms with van der Waals surface area (Å²) < 4.78 is 5.49. The van der Waals surface area contributed by atoms with Gasteiger partial charge >= 0.3 is 0 Å². The molecule has 1 N–H and O–H groups in total. The van der Waals surface area contributed by atoms with E-state index in [2.05, 4.69) is 37.2 Å². The van der Waals surface area contributed by atoms with Crippen molar-refractivity contribution >= 4 is 0 Å². The van der Waals surface area contributed by atoms with E-state index in [4.69, 9.17) is 4.42 Å². The van der Waals surface area contributed by atoms with Crippen LogP contribution >= 0.6 is 0 Å². The van der Waals surface area contributed by atoms with Crippen LogP contribution in [0.15, 0.2) is 22.8 Å². The highest BCUT2D eigenvalue weighted by Gasteiger charge is 2.31. The van der Waals surface area contributed by atoms with Crippen molar-refractivity contribution in [3.05, 3.63) is 24.2 Å². The summed E-state index contributed by atoms with van der Waals surface area (Å²) in [5.74, 6) is 1.73. The fourth-order valence-corrected chi connectivity index (χ4v) is 2.38. The zero-order valence-electron chi connectivity index (χ0n) is 9.73. The van der Waals surface area contributed by atoms with Gasteiger partial charge in [0.25, 0.3) is 0 Å². The number of furan rings is 1. The van der Waals surface area contributed by atoms with E-state index >= 15 is 0 Å². The standard InChI is InChI=1S/C12H20N2O/c1-9(2)10-7-13-8-11(14(10)3)12-5-4-6-15-12/h4-6,9-11,13H,7-8H2,1-3H3/t10-,11?/m0/s1. The largest absolute Gasteiger partial charge is 0.468 e. The Bertz CT molecular complexity index is 295. The lowest BCUT2D eigenvalue weighted by Crippen LogP contribution is -2.53. The van der Waals surface area contributed by atoms with Crippen molar-refractivity contribution in [3.8, 4) is 0 Å². The molecule has 0 spiro atoms. The molecule has 1 aromatic rings. The van der Waals surface area contributed by atoms with Crippen LogP contribution in [0.4, 0.5) is 0 Å². The molecule has 1 saturated heterocycles. The van der Waals surface area contributed by atoms with Gasteiger partial charge in [-0.25, -0.2) is 0 Å². The predicted molar refractivity (Wildman–Crippen MR) is 60.7 cm³/mol. The Balaban J connectivity index is 2.13. The van der Waals surface area contributed by atoms with Gasteiger partial charge in [0.2, 0.25) is 0 Å². The van der Waals surface area contributed by atoms with Gasteiger partial charge in [-0.15, -0.1) is 0 Å². The lowest BCUT2D eigenvalue weighted by Gasteiger charge is -2.41. The highest BCUT2D eigenvalue weighted by atomic mass is 16.3. The molecule has 3 nitrogen and oxygen atoms in total. The highest BCUT2D eigenvalue weighted by molar-refractivity contribution is 5.07. The summed E-state index contributed by atoms with van der Waals surface area (Å²) in [5, 5.41) is 3.48. The Labute approximate surface area is 91.4 Å². The second-order valence-electron chi connectivity index (χ2n) is 4.67. The fourth-order valence-electron chi connectivity index (χ4n) is 2.38. The molecule has 15 heavy (non-hydrogen) atoms. The Morgan fingerprint density at radius 2 is 2.27 bits per heavy atom. The van der Waals surface area contributed by atoms with Crippen molar-refractivity contribution in [1.82, 2.24) is 10.2 Å². The third-order valence-electron chi connectivity index (χ3n) is 3.35. The first-order valence-electron chi connectivity index (χ1n) is 5.66. The Morgan fingerprint density at radius 3 is 2.87 bits per heavy atom. The van der Waals surface area contributed by atoms with Crippen LogP contribution in [0.1, 0.15) is 25.6 Å². The summed E-state index contributed by atoms with van der Waals surface area (Å²) in [7, 11) is 2.19. The monoisotopic (exact) mass is 208 g/mol. The molecule has 0 amide bonds. The van der Waals surface area contributed by atoms with Gasteiger partial charge in [0, 0.05) is 19.1 Å². The molecule has 1 aromatic heterocycles. The van der Waals surface area contributed by atoms with E-state index in [1.807, 2.05) is 6.07 Å². The van der Waals surface area contributed by atoms with Crippen LogP contribution in [0.2, 0.25) is 0 Å². The third-order valence-corrected chi connectivity index (χ3v) is 3.35. The second kappa shape index (κ2) is 4.37. The van der Waals surface area contributed by atoms with Gasteiger partial charge in [0.05, 0.1) is 12.3 Å². The summed E-state index contributed by atoms with van der Waals surface area (Å²) in [6.45, 7) is 6.60. The summed E-state index contributed by atoms with van der Waals surface area (Å²) in [4.78, 5) is 2.43. The molecule has 0 radical (unpaired) electrons. The highest BCUT2D eigenvalue weighted by Crippen LogP contribution is 2.26. The molecular formula is C12H20N2O. The lowest BCUT2D eigenvalue weighted by atomic mass is 9.97. The fraction of sp³-hybridized carbons (Fsp3) is 0.667. The van der Waals surface area contributed by atoms with Crippen LogP contribution < -0.4 is 5.32 Å². The minimum absolute atomic E-state index is 0.376. The van der Waals surface area contributed by atoms with Gasteiger partial charge in [0.1, 0.15) is 5.76 Å². The molecule has 0 aliphatic carbocycles. The molecule has 2 atom stereocenters. The normalized spacial score (nSPS) is 28.5. The minimum Gasteiger partial charge on any atom is -0.468 e. The summed E-state index contributed by atoms with van der Waals surface area (Å²) in [6.07, 6.45) is 1.75. The average Bonchev–Trinajstić information content (AvgIpc) is 2.70. The second-order valence-corrected chi connectivity index (χ2v) is 4.67. The van der Waals surface area contributed by atoms with Crippen molar-refractivity contribution in [1.29, 1.82) is 0 Å². The maximum absolute atomic E-state index is 5.49. The van der Waals surface area contributed by atoms with Gasteiger partial charge in [-0.1, -0.05) is 13.8 Å². The number of hydrogen-bond donors (Lipinski definition) is 1. The van der Waals surface area contributed by atoms with Crippen LogP contribution in [0, 0.1) is 5.92 Å². The Morgan fingerprint density at radius 1 is 1.47 bits per heavy atom. The Hall–Kier alpha value is -0.800. The van der Waals surface area contributed by atoms with Crippen molar-refractivity contribution in [2.75, 3.05) is 20.1 Å². The molecule has 1 unspecified atom stereocenters. The molecule has 84 valence electrons. The Kier molecular flexibility index (Phi) is 3.12. The van der Waals surface area contributed by atoms with Crippen molar-refractivity contribution in [2.24, 2.45) is 5.92 Å². The predicted octanol–water partition coefficient (Wildman–Crippen LogP) is 1.88. The van der Waals surface area contributed by atoms with Gasteiger partial charge in [0.15, 0.2) is 0 Å². The van der Waals surface area contributed by atoms with E-state index < -0.39 is 0 Å². The van der Waals surface area contributed by atoms with E-state index in [1.54, 1.807) is 6.26 Å². The van der Waals surface area contributed by atoms with E-state index in [-0.39, 0.29) is 0 Å². The molecule has 2 rings (SSSR count). The number of rotatable bonds is 2. The maximum Gasteiger partial charge on any atom is 0.122 e. The SMILES string of the molecule is CC(C)[C@@H]1CNCC(c2ccco2)N1C. The first-order valence-corrected chi connectivity index (χ1v) is 5.66. The summed E-state index contributed by atoms with van der Waals surface area (Å²) >= 11 is 0. The average molecular weight is 208 g/mol. The quantitative estimate of drug-likeness (QED) is 0.804. The van der Waals surface area contributed by atoms with Crippen LogP contribution in [-0.2, 0) is 0 Å². The topological polar surface area (TPSA) is 28.4 Å². The van der Waals surface area contributed by atoms with Crippen LogP contribution in [0.25, 0.3) is 0 Å². The zero-order valence-corrected chi connectivity index (χ0v) is 9.73. The van der Waals surface area contributed by atoms with E-state index in [0.29, 0.717) is 18.0 Å². The maximum atomic E-state index is 5.49. The minimum atomic E-state index is 0.376. The summed E-state index contributed by atoms with van der Waals surface area (Å²) in [6, 6.07) is 4.99. The first-order chi connectivity index (χ1) is 7.20.